The minimum Gasteiger partial charge on any atom is -0.333 e. The lowest BCUT2D eigenvalue weighted by molar-refractivity contribution is 0.656. The molecule has 3 aromatic heterocycles. The first kappa shape index (κ1) is 27.6. The fourth-order valence-electron chi connectivity index (χ4n) is 10.1. The molecule has 0 fully saturated rings. The van der Waals surface area contributed by atoms with Crippen LogP contribution in [0.1, 0.15) is 43.5 Å². The Bertz CT molecular complexity index is 3260. The fourth-order valence-corrected chi connectivity index (χ4v) is 10.1. The third-order valence-electron chi connectivity index (χ3n) is 12.4. The maximum Gasteiger partial charge on any atom is 0.263 e. The van der Waals surface area contributed by atoms with Gasteiger partial charge in [-0.1, -0.05) is 98.8 Å². The molecule has 3 nitrogen and oxygen atoms in total. The van der Waals surface area contributed by atoms with Crippen molar-refractivity contribution in [2.75, 3.05) is 0 Å². The summed E-state index contributed by atoms with van der Waals surface area (Å²) in [6, 6.07) is 49.0. The van der Waals surface area contributed by atoms with E-state index in [1.165, 1.54) is 66.3 Å². The van der Waals surface area contributed by atoms with Crippen LogP contribution in [0.3, 0.4) is 0 Å². The van der Waals surface area contributed by atoms with Crippen LogP contribution in [-0.4, -0.2) is 8.97 Å². The van der Waals surface area contributed by atoms with Crippen molar-refractivity contribution < 1.29 is 0 Å². The maximum atomic E-state index is 14.0. The van der Waals surface area contributed by atoms with Gasteiger partial charge in [0, 0.05) is 43.3 Å². The summed E-state index contributed by atoms with van der Waals surface area (Å²) < 4.78 is 4.54. The van der Waals surface area contributed by atoms with E-state index in [-0.39, 0.29) is 17.0 Å². The Morgan fingerprint density at radius 2 is 1.12 bits per heavy atom. The van der Waals surface area contributed by atoms with Gasteiger partial charge in [0.15, 0.2) is 0 Å². The van der Waals surface area contributed by atoms with Crippen molar-refractivity contribution in [1.29, 1.82) is 0 Å². The number of fused-ring (bicyclic) bond motifs is 13. The monoisotopic (exact) mass is 652 g/mol. The van der Waals surface area contributed by atoms with E-state index in [2.05, 4.69) is 135 Å². The molecule has 3 heteroatoms. The summed E-state index contributed by atoms with van der Waals surface area (Å²) in [7, 11) is 0. The van der Waals surface area contributed by atoms with Gasteiger partial charge in [0.25, 0.3) is 5.56 Å². The van der Waals surface area contributed by atoms with E-state index in [4.69, 9.17) is 0 Å². The summed E-state index contributed by atoms with van der Waals surface area (Å²) in [6.45, 7) is 7.10. The van der Waals surface area contributed by atoms with Crippen molar-refractivity contribution in [3.63, 3.8) is 0 Å². The highest BCUT2D eigenvalue weighted by Gasteiger charge is 2.37. The Balaban J connectivity index is 1.24. The summed E-state index contributed by atoms with van der Waals surface area (Å²) in [4.78, 5) is 14.0. The number of pyridine rings is 1. The van der Waals surface area contributed by atoms with Gasteiger partial charge in [-0.2, -0.15) is 0 Å². The molecule has 0 saturated carbocycles. The van der Waals surface area contributed by atoms with E-state index >= 15 is 0 Å². The van der Waals surface area contributed by atoms with Gasteiger partial charge in [-0.25, -0.2) is 0 Å². The molecule has 4 heterocycles. The molecule has 7 aromatic carbocycles. The summed E-state index contributed by atoms with van der Waals surface area (Å²) in [6.07, 6.45) is 0. The highest BCUT2D eigenvalue weighted by Crippen LogP contribution is 2.53. The highest BCUT2D eigenvalue weighted by atomic mass is 16.1. The number of hydrogen-bond donors (Lipinski definition) is 0. The van der Waals surface area contributed by atoms with Gasteiger partial charge in [-0.15, -0.1) is 0 Å². The largest absolute Gasteiger partial charge is 0.333 e. The van der Waals surface area contributed by atoms with Gasteiger partial charge in [-0.3, -0.25) is 9.20 Å². The molecular formula is C48H32N2O. The third kappa shape index (κ3) is 3.24. The van der Waals surface area contributed by atoms with E-state index in [1.54, 1.807) is 0 Å². The zero-order valence-corrected chi connectivity index (χ0v) is 28.6. The van der Waals surface area contributed by atoms with Gasteiger partial charge in [0.2, 0.25) is 0 Å². The summed E-state index contributed by atoms with van der Waals surface area (Å²) in [5.41, 5.74) is 16.3. The first-order valence-electron chi connectivity index (χ1n) is 18.0. The number of rotatable bonds is 1. The molecule has 51 heavy (non-hydrogen) atoms. The van der Waals surface area contributed by atoms with E-state index in [9.17, 15) is 4.79 Å². The smallest absolute Gasteiger partial charge is 0.263 e. The van der Waals surface area contributed by atoms with Crippen LogP contribution in [0.5, 0.6) is 0 Å². The second-order valence-corrected chi connectivity index (χ2v) is 15.3. The Labute approximate surface area is 294 Å². The van der Waals surface area contributed by atoms with Crippen LogP contribution >= 0.6 is 0 Å². The number of hydrogen-bond acceptors (Lipinski definition) is 1. The topological polar surface area (TPSA) is 26.4 Å². The quantitative estimate of drug-likeness (QED) is 0.162. The molecule has 0 spiro atoms. The second-order valence-electron chi connectivity index (χ2n) is 15.3. The van der Waals surface area contributed by atoms with Crippen LogP contribution in [0, 0.1) is 0 Å². The average molecular weight is 653 g/mol. The molecular weight excluding hydrogens is 621 g/mol. The molecule has 1 aliphatic heterocycles. The Morgan fingerprint density at radius 3 is 1.94 bits per heavy atom. The normalized spacial score (nSPS) is 15.8. The van der Waals surface area contributed by atoms with Gasteiger partial charge >= 0.3 is 0 Å². The predicted octanol–water partition coefficient (Wildman–Crippen LogP) is 11.9. The molecule has 12 rings (SSSR count). The van der Waals surface area contributed by atoms with Crippen molar-refractivity contribution >= 4 is 59.8 Å². The van der Waals surface area contributed by atoms with Crippen LogP contribution in [-0.2, 0) is 5.41 Å². The van der Waals surface area contributed by atoms with Crippen LogP contribution in [0.15, 0.2) is 138 Å². The van der Waals surface area contributed by atoms with Gasteiger partial charge in [-0.05, 0) is 105 Å². The van der Waals surface area contributed by atoms with E-state index < -0.39 is 0 Å². The molecule has 1 atom stereocenters. The number of benzene rings is 7. The number of aromatic nitrogens is 2. The van der Waals surface area contributed by atoms with Crippen LogP contribution < -0.4 is 5.56 Å². The Kier molecular flexibility index (Phi) is 4.94. The first-order valence-corrected chi connectivity index (χ1v) is 18.0. The SMILES string of the molecule is CC1c2ccccc2-c2cc(-c3cc4c5ccccc5c(=O)n5c6ccccc6c(c3)c45)cc3c4cc5c(cc4n1c23)C(C)(C)c1ccccc1-5. The van der Waals surface area contributed by atoms with Crippen molar-refractivity contribution in [1.82, 2.24) is 8.97 Å². The lowest BCUT2D eigenvalue weighted by atomic mass is 9.82. The molecule has 2 aliphatic rings. The van der Waals surface area contributed by atoms with Crippen molar-refractivity contribution in [3.8, 4) is 33.4 Å². The minimum atomic E-state index is -0.0751. The lowest BCUT2D eigenvalue weighted by Crippen LogP contribution is -2.16. The molecule has 0 N–H and O–H groups in total. The molecule has 0 amide bonds. The lowest BCUT2D eigenvalue weighted by Gasteiger charge is -2.28. The van der Waals surface area contributed by atoms with Gasteiger partial charge in [0.05, 0.1) is 28.1 Å². The van der Waals surface area contributed by atoms with Crippen molar-refractivity contribution in [3.05, 3.63) is 161 Å². The molecule has 1 unspecified atom stereocenters. The standard InChI is InChI=1S/C48H32N2O/c1-26-29-12-4-5-13-30(29)37-20-28(23-40-36-24-35-32-15-8-10-18-41(32)48(2,3)42(35)25-44(36)49(26)45(37)40)27-21-38-31-14-6-7-17-34(31)47(51)50-43-19-11-9-16-33(43)39(22-27)46(38)50/h4-26H,1-3H3. The first-order chi connectivity index (χ1) is 24.9. The van der Waals surface area contributed by atoms with E-state index in [1.807, 2.05) is 28.7 Å². The molecule has 1 aliphatic carbocycles. The molecule has 240 valence electrons. The minimum absolute atomic E-state index is 0.0405. The zero-order chi connectivity index (χ0) is 33.9. The molecule has 0 bridgehead atoms. The third-order valence-corrected chi connectivity index (χ3v) is 12.4. The van der Waals surface area contributed by atoms with Crippen molar-refractivity contribution in [2.45, 2.75) is 32.2 Å². The predicted molar refractivity (Wildman–Crippen MR) is 213 cm³/mol. The van der Waals surface area contributed by atoms with E-state index in [0.29, 0.717) is 0 Å². The van der Waals surface area contributed by atoms with Crippen molar-refractivity contribution in [2.24, 2.45) is 0 Å². The summed E-state index contributed by atoms with van der Waals surface area (Å²) >= 11 is 0. The molecule has 0 radical (unpaired) electrons. The number of para-hydroxylation sites is 1. The Hall–Kier alpha value is -6.19. The maximum absolute atomic E-state index is 14.0. The molecule has 0 saturated heterocycles. The zero-order valence-electron chi connectivity index (χ0n) is 28.6. The van der Waals surface area contributed by atoms with Crippen LogP contribution in [0.2, 0.25) is 0 Å². The highest BCUT2D eigenvalue weighted by molar-refractivity contribution is 6.22. The van der Waals surface area contributed by atoms with E-state index in [0.717, 1.165) is 43.5 Å². The average Bonchev–Trinajstić information content (AvgIpc) is 3.76. The van der Waals surface area contributed by atoms with Gasteiger partial charge < -0.3 is 4.57 Å². The Morgan fingerprint density at radius 1 is 0.490 bits per heavy atom. The fraction of sp³-hybridized carbons (Fsp3) is 0.104. The number of nitrogens with zero attached hydrogens (tertiary/aromatic N) is 2. The van der Waals surface area contributed by atoms with Crippen LogP contribution in [0.25, 0.3) is 93.2 Å². The summed E-state index contributed by atoms with van der Waals surface area (Å²) in [5, 5.41) is 7.66. The second kappa shape index (κ2) is 9.12. The summed E-state index contributed by atoms with van der Waals surface area (Å²) in [5.74, 6) is 0. The van der Waals surface area contributed by atoms with Gasteiger partial charge in [0.1, 0.15) is 0 Å². The molecule has 10 aromatic rings. The van der Waals surface area contributed by atoms with Crippen LogP contribution in [0.4, 0.5) is 0 Å².